The molecule has 9 heteroatoms. The average molecular weight is 698 g/mol. The van der Waals surface area contributed by atoms with Gasteiger partial charge in [0, 0.05) is 31.6 Å². The normalized spacial score (nSPS) is 16.6. The van der Waals surface area contributed by atoms with Crippen molar-refractivity contribution in [2.45, 2.75) is 31.0 Å². The molecule has 9 nitrogen and oxygen atoms in total. The number of amides is 1. The molecule has 0 spiro atoms. The van der Waals surface area contributed by atoms with Crippen LogP contribution >= 0.6 is 0 Å². The predicted octanol–water partition coefficient (Wildman–Crippen LogP) is 7.31. The third-order valence-electron chi connectivity index (χ3n) is 8.83. The Morgan fingerprint density at radius 3 is 2.19 bits per heavy atom. The summed E-state index contributed by atoms with van der Waals surface area (Å²) in [6.45, 7) is 0.789. The quantitative estimate of drug-likeness (QED) is 0.0733. The molecule has 1 aliphatic heterocycles. The van der Waals surface area contributed by atoms with Crippen LogP contribution in [-0.2, 0) is 16.1 Å². The molecule has 52 heavy (non-hydrogen) atoms. The summed E-state index contributed by atoms with van der Waals surface area (Å²) in [4.78, 5) is 19.7. The molecule has 0 saturated carbocycles. The van der Waals surface area contributed by atoms with Crippen LogP contribution in [0, 0.1) is 0 Å². The second kappa shape index (κ2) is 17.4. The topological polar surface area (TPSA) is 111 Å². The number of aliphatic imine (C=N–C) groups is 1. The molecule has 0 unspecified atom stereocenters. The van der Waals surface area contributed by atoms with E-state index in [4.69, 9.17) is 29.0 Å². The highest BCUT2D eigenvalue weighted by Crippen LogP contribution is 2.43. The summed E-state index contributed by atoms with van der Waals surface area (Å²) in [6.07, 6.45) is 4.01. The van der Waals surface area contributed by atoms with Gasteiger partial charge in [-0.2, -0.15) is 0 Å². The number of nitrogens with zero attached hydrogens (tertiary/aromatic N) is 1. The van der Waals surface area contributed by atoms with E-state index < -0.39 is 11.6 Å². The van der Waals surface area contributed by atoms with Crippen LogP contribution in [0.5, 0.6) is 17.2 Å². The molecule has 266 valence electrons. The van der Waals surface area contributed by atoms with Gasteiger partial charge in [-0.15, -0.1) is 0 Å². The summed E-state index contributed by atoms with van der Waals surface area (Å²) < 4.78 is 23.3. The molecule has 6 rings (SSSR count). The molecule has 0 aromatic heterocycles. The molecule has 0 fully saturated rings. The van der Waals surface area contributed by atoms with Gasteiger partial charge in [0.25, 0.3) is 5.91 Å². The fourth-order valence-electron chi connectivity index (χ4n) is 6.06. The molecule has 5 aromatic carbocycles. The van der Waals surface area contributed by atoms with E-state index in [1.165, 1.54) is 0 Å². The first-order valence-electron chi connectivity index (χ1n) is 17.2. The molecule has 0 bridgehead atoms. The van der Waals surface area contributed by atoms with E-state index in [0.717, 1.165) is 27.8 Å². The lowest BCUT2D eigenvalue weighted by molar-refractivity contribution is -0.129. The number of hydrogen-bond donors (Lipinski definition) is 3. The molecule has 5 aromatic rings. The average Bonchev–Trinajstić information content (AvgIpc) is 3.59. The summed E-state index contributed by atoms with van der Waals surface area (Å²) in [5.74, 6) is 1.88. The van der Waals surface area contributed by atoms with Gasteiger partial charge in [0.05, 0.1) is 20.8 Å². The maximum absolute atomic E-state index is 14.6. The van der Waals surface area contributed by atoms with Crippen molar-refractivity contribution in [3.05, 3.63) is 156 Å². The van der Waals surface area contributed by atoms with Crippen molar-refractivity contribution < 1.29 is 28.8 Å². The zero-order valence-corrected chi connectivity index (χ0v) is 29.3. The van der Waals surface area contributed by atoms with Crippen LogP contribution in [-0.4, -0.2) is 49.9 Å². The molecule has 2 atom stereocenters. The van der Waals surface area contributed by atoms with Crippen LogP contribution in [0.15, 0.2) is 138 Å². The first-order chi connectivity index (χ1) is 25.5. The van der Waals surface area contributed by atoms with Gasteiger partial charge in [-0.05, 0) is 64.2 Å². The number of carbonyl (C=O) groups is 1. The Bertz CT molecular complexity index is 1960. The lowest BCUT2D eigenvalue weighted by Gasteiger charge is -2.30. The summed E-state index contributed by atoms with van der Waals surface area (Å²) in [6, 6.07) is 41.2. The van der Waals surface area contributed by atoms with E-state index in [1.54, 1.807) is 14.2 Å². The lowest BCUT2D eigenvalue weighted by Crippen LogP contribution is -2.52. The van der Waals surface area contributed by atoms with Crippen LogP contribution < -0.4 is 25.1 Å². The Hall–Kier alpha value is -5.90. The SMILES string of the molecule is COc1ccc(CNNC(=O)[C@@]2(C/C=C/c3ccccc3)N=C(c3ccc(OCCCO)cc3)O[C@H]2c2ccc(-c3ccccc3)cc2)cc1OC. The second-order valence-electron chi connectivity index (χ2n) is 12.3. The molecule has 3 N–H and O–H groups in total. The van der Waals surface area contributed by atoms with Crippen molar-refractivity contribution in [1.29, 1.82) is 0 Å². The Labute approximate surface area is 304 Å². The standard InChI is InChI=1S/C43H43N3O6/c1-49-38-25-16-32(29-39(38)50-2)30-44-46-42(48)43(26-9-13-31-11-5-3-6-12-31)40(35-19-17-34(18-20-35)33-14-7-4-8-15-33)52-41(45-43)36-21-23-37(24-22-36)51-28-10-27-47/h3-9,11-25,29,40,44,47H,10,26-28,30H2,1-2H3,(H,46,48)/b13-9+/t40-,43-/m0/s1. The summed E-state index contributed by atoms with van der Waals surface area (Å²) in [7, 11) is 3.18. The minimum atomic E-state index is -1.38. The first-order valence-corrected chi connectivity index (χ1v) is 17.2. The molecule has 1 aliphatic rings. The van der Waals surface area contributed by atoms with E-state index in [-0.39, 0.29) is 18.9 Å². The number of rotatable bonds is 16. The monoisotopic (exact) mass is 697 g/mol. The number of aliphatic hydroxyl groups is 1. The fraction of sp³-hybridized carbons (Fsp3) is 0.209. The lowest BCUT2D eigenvalue weighted by atomic mass is 9.84. The van der Waals surface area contributed by atoms with E-state index in [1.807, 2.05) is 127 Å². The van der Waals surface area contributed by atoms with Gasteiger partial charge in [0.1, 0.15) is 5.75 Å². The summed E-state index contributed by atoms with van der Waals surface area (Å²) in [5.41, 5.74) is 10.2. The van der Waals surface area contributed by atoms with Crippen LogP contribution in [0.1, 0.15) is 41.2 Å². The Morgan fingerprint density at radius 2 is 1.50 bits per heavy atom. The largest absolute Gasteiger partial charge is 0.494 e. The molecule has 1 amide bonds. The van der Waals surface area contributed by atoms with Gasteiger partial charge in [0.15, 0.2) is 23.1 Å². The number of hydrazine groups is 1. The van der Waals surface area contributed by atoms with E-state index in [0.29, 0.717) is 48.3 Å². The number of nitrogens with one attached hydrogen (secondary N) is 2. The highest BCUT2D eigenvalue weighted by molar-refractivity contribution is 6.01. The third kappa shape index (κ3) is 8.51. The van der Waals surface area contributed by atoms with E-state index >= 15 is 0 Å². The number of ether oxygens (including phenoxy) is 4. The highest BCUT2D eigenvalue weighted by Gasteiger charge is 2.52. The first kappa shape index (κ1) is 35.9. The zero-order chi connectivity index (χ0) is 36.2. The minimum Gasteiger partial charge on any atom is -0.494 e. The van der Waals surface area contributed by atoms with Gasteiger partial charge in [-0.25, -0.2) is 10.4 Å². The van der Waals surface area contributed by atoms with Gasteiger partial charge in [-0.3, -0.25) is 10.2 Å². The maximum atomic E-state index is 14.6. The Balaban J connectivity index is 1.35. The minimum absolute atomic E-state index is 0.0580. The van der Waals surface area contributed by atoms with E-state index in [2.05, 4.69) is 23.0 Å². The Morgan fingerprint density at radius 1 is 0.827 bits per heavy atom. The van der Waals surface area contributed by atoms with Gasteiger partial charge in [-0.1, -0.05) is 103 Å². The number of aliphatic hydroxyl groups excluding tert-OH is 1. The van der Waals surface area contributed by atoms with Crippen molar-refractivity contribution in [2.75, 3.05) is 27.4 Å². The molecular weight excluding hydrogens is 654 g/mol. The summed E-state index contributed by atoms with van der Waals surface area (Å²) >= 11 is 0. The van der Waals surface area contributed by atoms with Crippen LogP contribution in [0.3, 0.4) is 0 Å². The van der Waals surface area contributed by atoms with Crippen LogP contribution in [0.4, 0.5) is 0 Å². The number of carbonyl (C=O) groups excluding carboxylic acids is 1. The number of hydrogen-bond acceptors (Lipinski definition) is 8. The summed E-state index contributed by atoms with van der Waals surface area (Å²) in [5, 5.41) is 9.13. The van der Waals surface area contributed by atoms with Crippen molar-refractivity contribution in [2.24, 2.45) is 4.99 Å². The van der Waals surface area contributed by atoms with Gasteiger partial charge < -0.3 is 24.1 Å². The van der Waals surface area contributed by atoms with Crippen LogP contribution in [0.2, 0.25) is 0 Å². The zero-order valence-electron chi connectivity index (χ0n) is 29.3. The second-order valence-corrected chi connectivity index (χ2v) is 12.3. The molecular formula is C43H43N3O6. The van der Waals surface area contributed by atoms with Gasteiger partial charge >= 0.3 is 0 Å². The number of methoxy groups -OCH3 is 2. The number of benzene rings is 5. The van der Waals surface area contributed by atoms with Crippen molar-refractivity contribution >= 4 is 17.9 Å². The van der Waals surface area contributed by atoms with Crippen molar-refractivity contribution in [3.8, 4) is 28.4 Å². The molecule has 0 aliphatic carbocycles. The highest BCUT2D eigenvalue weighted by atomic mass is 16.5. The third-order valence-corrected chi connectivity index (χ3v) is 8.83. The smallest absolute Gasteiger partial charge is 0.266 e. The van der Waals surface area contributed by atoms with Crippen LogP contribution in [0.25, 0.3) is 17.2 Å². The van der Waals surface area contributed by atoms with Crippen molar-refractivity contribution in [1.82, 2.24) is 10.9 Å². The molecule has 0 radical (unpaired) electrons. The molecule has 0 saturated heterocycles. The van der Waals surface area contributed by atoms with E-state index in [9.17, 15) is 4.79 Å². The predicted molar refractivity (Wildman–Crippen MR) is 203 cm³/mol. The molecule has 1 heterocycles. The fourth-order valence-corrected chi connectivity index (χ4v) is 6.06. The van der Waals surface area contributed by atoms with Crippen molar-refractivity contribution in [3.63, 3.8) is 0 Å². The maximum Gasteiger partial charge on any atom is 0.266 e. The van der Waals surface area contributed by atoms with Gasteiger partial charge in [0.2, 0.25) is 5.90 Å². The Kier molecular flexibility index (Phi) is 12.0.